The molecule has 1 aromatic rings. The molecule has 5 heteroatoms. The first-order valence-corrected chi connectivity index (χ1v) is 5.96. The molecule has 1 aliphatic rings. The van der Waals surface area contributed by atoms with Gasteiger partial charge in [-0.15, -0.1) is 0 Å². The van der Waals surface area contributed by atoms with Crippen molar-refractivity contribution in [2.24, 2.45) is 11.7 Å². The third-order valence-electron chi connectivity index (χ3n) is 3.40. The lowest BCUT2D eigenvalue weighted by molar-refractivity contribution is 0.0992. The summed E-state index contributed by atoms with van der Waals surface area (Å²) >= 11 is 0. The molecule has 0 aliphatic carbocycles. The molecule has 1 aromatic heterocycles. The van der Waals surface area contributed by atoms with Crippen molar-refractivity contribution in [1.82, 2.24) is 14.8 Å². The summed E-state index contributed by atoms with van der Waals surface area (Å²) in [4.78, 5) is 4.25. The van der Waals surface area contributed by atoms with Crippen LogP contribution < -0.4 is 5.73 Å². The van der Waals surface area contributed by atoms with Gasteiger partial charge in [0.1, 0.15) is 12.2 Å². The van der Waals surface area contributed by atoms with Gasteiger partial charge in [0.05, 0.1) is 6.10 Å². The number of nitrogens with two attached hydrogens (primary N) is 1. The summed E-state index contributed by atoms with van der Waals surface area (Å²) in [5, 5.41) is 4.15. The van der Waals surface area contributed by atoms with Gasteiger partial charge in [0.15, 0.2) is 0 Å². The maximum absolute atomic E-state index is 6.22. The minimum atomic E-state index is 0.118. The normalized spacial score (nSPS) is 27.2. The number of hydrogen-bond donors (Lipinski definition) is 1. The van der Waals surface area contributed by atoms with Crippen molar-refractivity contribution in [2.75, 3.05) is 6.61 Å². The van der Waals surface area contributed by atoms with Crippen LogP contribution in [0.5, 0.6) is 0 Å². The number of aromatic nitrogens is 3. The maximum Gasteiger partial charge on any atom is 0.138 e. The highest BCUT2D eigenvalue weighted by Crippen LogP contribution is 2.24. The molecule has 0 saturated carbocycles. The zero-order chi connectivity index (χ0) is 11.5. The third kappa shape index (κ3) is 2.25. The van der Waals surface area contributed by atoms with E-state index in [0.717, 1.165) is 31.8 Å². The second-order valence-electron chi connectivity index (χ2n) is 4.39. The minimum absolute atomic E-state index is 0.118. The van der Waals surface area contributed by atoms with Crippen LogP contribution in [0.15, 0.2) is 6.33 Å². The van der Waals surface area contributed by atoms with E-state index in [1.165, 1.54) is 0 Å². The molecule has 2 N–H and O–H groups in total. The molecule has 2 heterocycles. The van der Waals surface area contributed by atoms with Gasteiger partial charge in [-0.1, -0.05) is 0 Å². The summed E-state index contributed by atoms with van der Waals surface area (Å²) in [5.74, 6) is 1.43. The Balaban J connectivity index is 1.98. The highest BCUT2D eigenvalue weighted by atomic mass is 16.5. The van der Waals surface area contributed by atoms with Crippen LogP contribution in [0.1, 0.15) is 26.1 Å². The fourth-order valence-corrected chi connectivity index (χ4v) is 2.38. The molecule has 1 fully saturated rings. The molecule has 0 radical (unpaired) electrons. The van der Waals surface area contributed by atoms with Crippen LogP contribution in [0.25, 0.3) is 0 Å². The average Bonchev–Trinajstić information content (AvgIpc) is 2.86. The third-order valence-corrected chi connectivity index (χ3v) is 3.40. The molecule has 0 aromatic carbocycles. The van der Waals surface area contributed by atoms with Crippen LogP contribution in [-0.4, -0.2) is 33.5 Å². The molecular formula is C11H20N4O. The van der Waals surface area contributed by atoms with E-state index < -0.39 is 0 Å². The van der Waals surface area contributed by atoms with Gasteiger partial charge < -0.3 is 10.5 Å². The van der Waals surface area contributed by atoms with Gasteiger partial charge in [-0.05, 0) is 20.3 Å². The smallest absolute Gasteiger partial charge is 0.138 e. The van der Waals surface area contributed by atoms with E-state index in [1.54, 1.807) is 6.33 Å². The highest BCUT2D eigenvalue weighted by molar-refractivity contribution is 4.93. The number of rotatable bonds is 4. The van der Waals surface area contributed by atoms with Crippen molar-refractivity contribution in [3.05, 3.63) is 12.2 Å². The molecule has 3 unspecified atom stereocenters. The predicted molar refractivity (Wildman–Crippen MR) is 60.9 cm³/mol. The van der Waals surface area contributed by atoms with Crippen molar-refractivity contribution in [2.45, 2.75) is 45.4 Å². The number of ether oxygens (including phenoxy) is 1. The van der Waals surface area contributed by atoms with Crippen LogP contribution in [0, 0.1) is 5.92 Å². The van der Waals surface area contributed by atoms with E-state index in [4.69, 9.17) is 10.5 Å². The summed E-state index contributed by atoms with van der Waals surface area (Å²) in [6, 6.07) is 0.118. The summed E-state index contributed by atoms with van der Waals surface area (Å²) in [6.45, 7) is 5.84. The average molecular weight is 224 g/mol. The van der Waals surface area contributed by atoms with Crippen molar-refractivity contribution >= 4 is 0 Å². The molecule has 5 nitrogen and oxygen atoms in total. The van der Waals surface area contributed by atoms with Gasteiger partial charge in [0, 0.05) is 31.5 Å². The maximum atomic E-state index is 6.22. The van der Waals surface area contributed by atoms with Crippen LogP contribution in [0.3, 0.4) is 0 Å². The molecule has 90 valence electrons. The first-order chi connectivity index (χ1) is 7.72. The van der Waals surface area contributed by atoms with Crippen molar-refractivity contribution in [3.8, 4) is 0 Å². The SMILES string of the molecule is CCn1ncnc1CC(N)C1CCOC1C. The number of nitrogens with zero attached hydrogens (tertiary/aromatic N) is 3. The van der Waals surface area contributed by atoms with Crippen LogP contribution in [0.2, 0.25) is 0 Å². The van der Waals surface area contributed by atoms with Gasteiger partial charge in [-0.25, -0.2) is 4.98 Å². The quantitative estimate of drug-likeness (QED) is 0.813. The van der Waals surface area contributed by atoms with Gasteiger partial charge in [-0.3, -0.25) is 4.68 Å². The van der Waals surface area contributed by atoms with Gasteiger partial charge in [0.25, 0.3) is 0 Å². The van der Waals surface area contributed by atoms with Crippen molar-refractivity contribution in [3.63, 3.8) is 0 Å². The Kier molecular flexibility index (Phi) is 3.56. The summed E-state index contributed by atoms with van der Waals surface area (Å²) in [6.07, 6.45) is 3.71. The minimum Gasteiger partial charge on any atom is -0.378 e. The van der Waals surface area contributed by atoms with Crippen molar-refractivity contribution in [1.29, 1.82) is 0 Å². The lowest BCUT2D eigenvalue weighted by Gasteiger charge is -2.21. The molecule has 1 saturated heterocycles. The monoisotopic (exact) mass is 224 g/mol. The topological polar surface area (TPSA) is 66.0 Å². The zero-order valence-electron chi connectivity index (χ0n) is 9.97. The van der Waals surface area contributed by atoms with Gasteiger partial charge in [-0.2, -0.15) is 5.10 Å². The van der Waals surface area contributed by atoms with Crippen LogP contribution in [-0.2, 0) is 17.7 Å². The van der Waals surface area contributed by atoms with Crippen LogP contribution in [0.4, 0.5) is 0 Å². The Labute approximate surface area is 96.0 Å². The standard InChI is InChI=1S/C11H20N4O/c1-3-15-11(13-7-14-15)6-10(12)9-4-5-16-8(9)2/h7-10H,3-6,12H2,1-2H3. The molecule has 1 aliphatic heterocycles. The van der Waals surface area contributed by atoms with E-state index in [-0.39, 0.29) is 12.1 Å². The molecule has 2 rings (SSSR count). The fraction of sp³-hybridized carbons (Fsp3) is 0.818. The second kappa shape index (κ2) is 4.93. The zero-order valence-corrected chi connectivity index (χ0v) is 9.97. The Morgan fingerprint density at radius 2 is 2.50 bits per heavy atom. The first-order valence-electron chi connectivity index (χ1n) is 5.96. The lowest BCUT2D eigenvalue weighted by Crippen LogP contribution is -2.36. The Morgan fingerprint density at radius 3 is 3.12 bits per heavy atom. The highest BCUT2D eigenvalue weighted by Gasteiger charge is 2.30. The van der Waals surface area contributed by atoms with Gasteiger partial charge >= 0.3 is 0 Å². The second-order valence-corrected chi connectivity index (χ2v) is 4.39. The molecular weight excluding hydrogens is 204 g/mol. The fourth-order valence-electron chi connectivity index (χ4n) is 2.38. The van der Waals surface area contributed by atoms with E-state index in [0.29, 0.717) is 5.92 Å². The first kappa shape index (κ1) is 11.5. The van der Waals surface area contributed by atoms with Crippen molar-refractivity contribution < 1.29 is 4.74 Å². The summed E-state index contributed by atoms with van der Waals surface area (Å²) < 4.78 is 7.44. The predicted octanol–water partition coefficient (Wildman–Crippen LogP) is 0.593. The van der Waals surface area contributed by atoms with E-state index >= 15 is 0 Å². The molecule has 0 amide bonds. The van der Waals surface area contributed by atoms with E-state index in [2.05, 4.69) is 23.9 Å². The molecule has 0 spiro atoms. The molecule has 16 heavy (non-hydrogen) atoms. The lowest BCUT2D eigenvalue weighted by atomic mass is 9.92. The van der Waals surface area contributed by atoms with E-state index in [1.807, 2.05) is 4.68 Å². The number of aryl methyl sites for hydroxylation is 1. The van der Waals surface area contributed by atoms with Gasteiger partial charge in [0.2, 0.25) is 0 Å². The summed E-state index contributed by atoms with van der Waals surface area (Å²) in [7, 11) is 0. The number of hydrogen-bond acceptors (Lipinski definition) is 4. The molecule has 0 bridgehead atoms. The Hall–Kier alpha value is -0.940. The summed E-state index contributed by atoms with van der Waals surface area (Å²) in [5.41, 5.74) is 6.22. The Bertz CT molecular complexity index is 338. The van der Waals surface area contributed by atoms with E-state index in [9.17, 15) is 0 Å². The van der Waals surface area contributed by atoms with Crippen LogP contribution >= 0.6 is 0 Å². The molecule has 3 atom stereocenters. The Morgan fingerprint density at radius 1 is 1.69 bits per heavy atom. The largest absolute Gasteiger partial charge is 0.378 e.